The molecule has 0 aliphatic heterocycles. The Bertz CT molecular complexity index is 145. The fourth-order valence-electron chi connectivity index (χ4n) is 2.05. The first-order chi connectivity index (χ1) is 6.49. The summed E-state index contributed by atoms with van der Waals surface area (Å²) in [6.45, 7) is 14.9. The third-order valence-electron chi connectivity index (χ3n) is 2.90. The zero-order valence-corrected chi connectivity index (χ0v) is 10.7. The molecule has 0 spiro atoms. The summed E-state index contributed by atoms with van der Waals surface area (Å²) in [5.74, 6) is 0.650. The van der Waals surface area contributed by atoms with E-state index in [2.05, 4.69) is 46.9 Å². The van der Waals surface area contributed by atoms with Crippen molar-refractivity contribution in [3.8, 4) is 0 Å². The SMILES string of the molecule is CCNC(C(C)CC)C(C)(C)OCC. The maximum Gasteiger partial charge on any atom is 0.0781 e. The molecular weight excluding hydrogens is 174 g/mol. The Labute approximate surface area is 89.4 Å². The minimum Gasteiger partial charge on any atom is -0.374 e. The van der Waals surface area contributed by atoms with Crippen LogP contribution < -0.4 is 5.32 Å². The van der Waals surface area contributed by atoms with Gasteiger partial charge in [0.15, 0.2) is 0 Å². The van der Waals surface area contributed by atoms with Gasteiger partial charge < -0.3 is 10.1 Å². The van der Waals surface area contributed by atoms with Crippen LogP contribution in [0.3, 0.4) is 0 Å². The number of rotatable bonds is 7. The molecule has 0 aliphatic carbocycles. The quantitative estimate of drug-likeness (QED) is 0.684. The highest BCUT2D eigenvalue weighted by Crippen LogP contribution is 2.23. The average Bonchev–Trinajstić information content (AvgIpc) is 2.12. The van der Waals surface area contributed by atoms with Crippen molar-refractivity contribution in [3.05, 3.63) is 0 Å². The molecule has 2 unspecified atom stereocenters. The summed E-state index contributed by atoms with van der Waals surface area (Å²) in [7, 11) is 0. The summed E-state index contributed by atoms with van der Waals surface area (Å²) < 4.78 is 5.80. The summed E-state index contributed by atoms with van der Waals surface area (Å²) in [5, 5.41) is 3.53. The van der Waals surface area contributed by atoms with E-state index in [1.807, 2.05) is 0 Å². The van der Waals surface area contributed by atoms with Gasteiger partial charge in [-0.15, -0.1) is 0 Å². The van der Waals surface area contributed by atoms with Crippen LogP contribution in [-0.2, 0) is 4.74 Å². The van der Waals surface area contributed by atoms with Gasteiger partial charge in [-0.2, -0.15) is 0 Å². The number of hydrogen-bond donors (Lipinski definition) is 1. The number of hydrogen-bond acceptors (Lipinski definition) is 2. The van der Waals surface area contributed by atoms with Crippen molar-refractivity contribution in [1.82, 2.24) is 5.32 Å². The van der Waals surface area contributed by atoms with E-state index in [1.54, 1.807) is 0 Å². The lowest BCUT2D eigenvalue weighted by molar-refractivity contribution is -0.0511. The molecule has 0 aromatic heterocycles. The molecular formula is C12H27NO. The van der Waals surface area contributed by atoms with Crippen molar-refractivity contribution in [1.29, 1.82) is 0 Å². The molecule has 2 atom stereocenters. The second kappa shape index (κ2) is 6.41. The van der Waals surface area contributed by atoms with Gasteiger partial charge >= 0.3 is 0 Å². The summed E-state index contributed by atoms with van der Waals surface area (Å²) in [6, 6.07) is 0.442. The van der Waals surface area contributed by atoms with Gasteiger partial charge in [-0.3, -0.25) is 0 Å². The second-order valence-electron chi connectivity index (χ2n) is 4.46. The van der Waals surface area contributed by atoms with Crippen LogP contribution in [0, 0.1) is 5.92 Å². The molecule has 0 saturated carbocycles. The van der Waals surface area contributed by atoms with Crippen molar-refractivity contribution in [2.45, 2.75) is 59.6 Å². The molecule has 0 aromatic rings. The number of likely N-dealkylation sites (N-methyl/N-ethyl adjacent to an activating group) is 1. The maximum absolute atomic E-state index is 5.80. The van der Waals surface area contributed by atoms with Gasteiger partial charge in [-0.1, -0.05) is 27.2 Å². The molecule has 0 aromatic carbocycles. The summed E-state index contributed by atoms with van der Waals surface area (Å²) in [6.07, 6.45) is 1.19. The van der Waals surface area contributed by atoms with Gasteiger partial charge in [0.05, 0.1) is 5.60 Å². The topological polar surface area (TPSA) is 21.3 Å². The molecule has 0 fully saturated rings. The zero-order chi connectivity index (χ0) is 11.2. The van der Waals surface area contributed by atoms with Crippen molar-refractivity contribution in [2.75, 3.05) is 13.2 Å². The van der Waals surface area contributed by atoms with Gasteiger partial charge in [0.25, 0.3) is 0 Å². The first-order valence-corrected chi connectivity index (χ1v) is 5.86. The lowest BCUT2D eigenvalue weighted by Gasteiger charge is -2.38. The Hall–Kier alpha value is -0.0800. The zero-order valence-electron chi connectivity index (χ0n) is 10.7. The fourth-order valence-corrected chi connectivity index (χ4v) is 2.05. The van der Waals surface area contributed by atoms with E-state index >= 15 is 0 Å². The molecule has 0 heterocycles. The lowest BCUT2D eigenvalue weighted by Crippen LogP contribution is -2.52. The third-order valence-corrected chi connectivity index (χ3v) is 2.90. The Morgan fingerprint density at radius 2 is 1.79 bits per heavy atom. The molecule has 0 radical (unpaired) electrons. The predicted octanol–water partition coefficient (Wildman–Crippen LogP) is 2.83. The Balaban J connectivity index is 4.44. The van der Waals surface area contributed by atoms with Crippen LogP contribution in [0.4, 0.5) is 0 Å². The van der Waals surface area contributed by atoms with E-state index in [9.17, 15) is 0 Å². The van der Waals surface area contributed by atoms with E-state index in [1.165, 1.54) is 6.42 Å². The van der Waals surface area contributed by atoms with Crippen LogP contribution in [0.25, 0.3) is 0 Å². The van der Waals surface area contributed by atoms with Crippen molar-refractivity contribution >= 4 is 0 Å². The molecule has 2 heteroatoms. The highest BCUT2D eigenvalue weighted by molar-refractivity contribution is 4.88. The molecule has 0 saturated heterocycles. The van der Waals surface area contributed by atoms with Crippen LogP contribution >= 0.6 is 0 Å². The molecule has 0 amide bonds. The Kier molecular flexibility index (Phi) is 6.38. The molecule has 0 rings (SSSR count). The minimum atomic E-state index is -0.0693. The smallest absolute Gasteiger partial charge is 0.0781 e. The van der Waals surface area contributed by atoms with Crippen LogP contribution in [-0.4, -0.2) is 24.8 Å². The Morgan fingerprint density at radius 1 is 1.21 bits per heavy atom. The molecule has 1 N–H and O–H groups in total. The lowest BCUT2D eigenvalue weighted by atomic mass is 9.86. The number of nitrogens with one attached hydrogen (secondary N) is 1. The van der Waals surface area contributed by atoms with E-state index in [0.717, 1.165) is 13.2 Å². The molecule has 14 heavy (non-hydrogen) atoms. The molecule has 0 aliphatic rings. The van der Waals surface area contributed by atoms with Crippen molar-refractivity contribution in [3.63, 3.8) is 0 Å². The van der Waals surface area contributed by atoms with Gasteiger partial charge in [-0.05, 0) is 33.2 Å². The first-order valence-electron chi connectivity index (χ1n) is 5.86. The van der Waals surface area contributed by atoms with E-state index in [4.69, 9.17) is 4.74 Å². The first kappa shape index (κ1) is 13.9. The van der Waals surface area contributed by atoms with Crippen molar-refractivity contribution < 1.29 is 4.74 Å². The van der Waals surface area contributed by atoms with Crippen molar-refractivity contribution in [2.24, 2.45) is 5.92 Å². The fraction of sp³-hybridized carbons (Fsp3) is 1.00. The molecule has 0 bridgehead atoms. The standard InChI is InChI=1S/C12H27NO/c1-7-10(4)11(13-8-2)12(5,6)14-9-3/h10-11,13H,7-9H2,1-6H3. The van der Waals surface area contributed by atoms with Gasteiger partial charge in [0.1, 0.15) is 0 Å². The monoisotopic (exact) mass is 201 g/mol. The summed E-state index contributed by atoms with van der Waals surface area (Å²) in [4.78, 5) is 0. The normalized spacial score (nSPS) is 16.7. The second-order valence-corrected chi connectivity index (χ2v) is 4.46. The van der Waals surface area contributed by atoms with E-state index in [-0.39, 0.29) is 5.60 Å². The summed E-state index contributed by atoms with van der Waals surface area (Å²) >= 11 is 0. The van der Waals surface area contributed by atoms with Crippen LogP contribution in [0.1, 0.15) is 48.0 Å². The van der Waals surface area contributed by atoms with E-state index in [0.29, 0.717) is 12.0 Å². The summed E-state index contributed by atoms with van der Waals surface area (Å²) in [5.41, 5.74) is -0.0693. The van der Waals surface area contributed by atoms with Crippen LogP contribution in [0.2, 0.25) is 0 Å². The highest BCUT2D eigenvalue weighted by Gasteiger charge is 2.32. The van der Waals surface area contributed by atoms with Gasteiger partial charge in [-0.25, -0.2) is 0 Å². The number of ether oxygens (including phenoxy) is 1. The largest absolute Gasteiger partial charge is 0.374 e. The molecule has 2 nitrogen and oxygen atoms in total. The van der Waals surface area contributed by atoms with Crippen LogP contribution in [0.5, 0.6) is 0 Å². The highest BCUT2D eigenvalue weighted by atomic mass is 16.5. The Morgan fingerprint density at radius 3 is 2.14 bits per heavy atom. The predicted molar refractivity (Wildman–Crippen MR) is 62.6 cm³/mol. The third kappa shape index (κ3) is 3.97. The van der Waals surface area contributed by atoms with Gasteiger partial charge in [0.2, 0.25) is 0 Å². The maximum atomic E-state index is 5.80. The minimum absolute atomic E-state index is 0.0693. The average molecular weight is 201 g/mol. The molecule has 86 valence electrons. The van der Waals surface area contributed by atoms with Gasteiger partial charge in [0, 0.05) is 12.6 Å². The van der Waals surface area contributed by atoms with E-state index < -0.39 is 0 Å². The van der Waals surface area contributed by atoms with Crippen LogP contribution in [0.15, 0.2) is 0 Å².